The van der Waals surface area contributed by atoms with E-state index >= 15 is 0 Å². The van der Waals surface area contributed by atoms with Crippen LogP contribution in [0.5, 0.6) is 5.75 Å². The molecule has 72 valence electrons. The minimum atomic E-state index is -0.325. The molecule has 0 unspecified atom stereocenters. The maximum absolute atomic E-state index is 8.88. The number of hydrogen-bond donors (Lipinski definition) is 2. The largest absolute Gasteiger partial charge is 0.497 e. The standard InChI is InChI=1S/C10H15NO2/c1-7-3-8(10(11)6-12)5-9(4-7)13-2/h3-5,10,12H,6,11H2,1-2H3/t10-/m1/s1. The summed E-state index contributed by atoms with van der Waals surface area (Å²) < 4.78 is 5.09. The van der Waals surface area contributed by atoms with Crippen LogP contribution in [0.2, 0.25) is 0 Å². The fourth-order valence-corrected chi connectivity index (χ4v) is 1.21. The Labute approximate surface area is 78.1 Å². The molecule has 0 aliphatic heterocycles. The third kappa shape index (κ3) is 2.44. The molecule has 1 aromatic carbocycles. The monoisotopic (exact) mass is 181 g/mol. The third-order valence-electron chi connectivity index (χ3n) is 1.93. The zero-order valence-corrected chi connectivity index (χ0v) is 7.95. The van der Waals surface area contributed by atoms with Crippen molar-refractivity contribution in [1.29, 1.82) is 0 Å². The van der Waals surface area contributed by atoms with Crippen molar-refractivity contribution in [3.05, 3.63) is 29.3 Å². The van der Waals surface area contributed by atoms with Gasteiger partial charge in [0, 0.05) is 0 Å². The highest BCUT2D eigenvalue weighted by atomic mass is 16.5. The van der Waals surface area contributed by atoms with Crippen LogP contribution in [-0.2, 0) is 0 Å². The van der Waals surface area contributed by atoms with Gasteiger partial charge in [-0.2, -0.15) is 0 Å². The first-order chi connectivity index (χ1) is 6.17. The molecule has 1 rings (SSSR count). The summed E-state index contributed by atoms with van der Waals surface area (Å²) >= 11 is 0. The first-order valence-corrected chi connectivity index (χ1v) is 4.19. The van der Waals surface area contributed by atoms with Crippen LogP contribution in [0.3, 0.4) is 0 Å². The molecule has 3 N–H and O–H groups in total. The first kappa shape index (κ1) is 10.0. The number of aliphatic hydroxyl groups is 1. The van der Waals surface area contributed by atoms with E-state index in [2.05, 4.69) is 0 Å². The minimum absolute atomic E-state index is 0.0490. The molecule has 0 heterocycles. The van der Waals surface area contributed by atoms with Gasteiger partial charge < -0.3 is 15.6 Å². The Morgan fingerprint density at radius 2 is 2.15 bits per heavy atom. The molecule has 0 radical (unpaired) electrons. The molecule has 0 saturated heterocycles. The predicted molar refractivity (Wildman–Crippen MR) is 51.7 cm³/mol. The Hall–Kier alpha value is -1.06. The van der Waals surface area contributed by atoms with Gasteiger partial charge in [-0.3, -0.25) is 0 Å². The van der Waals surface area contributed by atoms with Crippen molar-refractivity contribution in [2.24, 2.45) is 5.73 Å². The Balaban J connectivity index is 3.01. The topological polar surface area (TPSA) is 55.5 Å². The summed E-state index contributed by atoms with van der Waals surface area (Å²) in [7, 11) is 1.61. The molecule has 0 saturated carbocycles. The normalized spacial score (nSPS) is 12.6. The van der Waals surface area contributed by atoms with Gasteiger partial charge in [-0.15, -0.1) is 0 Å². The number of ether oxygens (including phenoxy) is 1. The van der Waals surface area contributed by atoms with E-state index in [4.69, 9.17) is 15.6 Å². The van der Waals surface area contributed by atoms with Crippen molar-refractivity contribution < 1.29 is 9.84 Å². The lowest BCUT2D eigenvalue weighted by atomic mass is 10.1. The van der Waals surface area contributed by atoms with Gasteiger partial charge in [0.2, 0.25) is 0 Å². The Morgan fingerprint density at radius 1 is 1.46 bits per heavy atom. The van der Waals surface area contributed by atoms with Gasteiger partial charge in [0.25, 0.3) is 0 Å². The van der Waals surface area contributed by atoms with Crippen molar-refractivity contribution in [2.45, 2.75) is 13.0 Å². The zero-order chi connectivity index (χ0) is 9.84. The Bertz CT molecular complexity index is 286. The summed E-state index contributed by atoms with van der Waals surface area (Å²) in [4.78, 5) is 0. The van der Waals surface area contributed by atoms with Crippen molar-refractivity contribution >= 4 is 0 Å². The van der Waals surface area contributed by atoms with E-state index in [-0.39, 0.29) is 12.6 Å². The highest BCUT2D eigenvalue weighted by Gasteiger charge is 2.06. The summed E-state index contributed by atoms with van der Waals surface area (Å²) in [5, 5.41) is 8.88. The molecule has 0 aromatic heterocycles. The van der Waals surface area contributed by atoms with Crippen molar-refractivity contribution in [3.63, 3.8) is 0 Å². The second-order valence-corrected chi connectivity index (χ2v) is 3.07. The van der Waals surface area contributed by atoms with Crippen LogP contribution >= 0.6 is 0 Å². The van der Waals surface area contributed by atoms with Crippen molar-refractivity contribution in [2.75, 3.05) is 13.7 Å². The van der Waals surface area contributed by atoms with Crippen LogP contribution in [0.1, 0.15) is 17.2 Å². The van der Waals surface area contributed by atoms with E-state index < -0.39 is 0 Å². The highest BCUT2D eigenvalue weighted by molar-refractivity contribution is 5.35. The molecular formula is C10H15NO2. The molecule has 1 atom stereocenters. The number of aryl methyl sites for hydroxylation is 1. The molecule has 0 spiro atoms. The minimum Gasteiger partial charge on any atom is -0.497 e. The van der Waals surface area contributed by atoms with Gasteiger partial charge in [-0.1, -0.05) is 6.07 Å². The van der Waals surface area contributed by atoms with Gasteiger partial charge in [0.15, 0.2) is 0 Å². The van der Waals surface area contributed by atoms with Crippen LogP contribution in [0.4, 0.5) is 0 Å². The maximum Gasteiger partial charge on any atom is 0.119 e. The Morgan fingerprint density at radius 3 is 2.69 bits per heavy atom. The van der Waals surface area contributed by atoms with E-state index in [9.17, 15) is 0 Å². The molecule has 0 aliphatic carbocycles. The number of benzene rings is 1. The molecule has 3 nitrogen and oxygen atoms in total. The van der Waals surface area contributed by atoms with E-state index in [1.54, 1.807) is 7.11 Å². The van der Waals surface area contributed by atoms with Crippen molar-refractivity contribution in [3.8, 4) is 5.75 Å². The summed E-state index contributed by atoms with van der Waals surface area (Å²) in [5.41, 5.74) is 7.67. The summed E-state index contributed by atoms with van der Waals surface area (Å²) in [6, 6.07) is 5.39. The molecule has 0 bridgehead atoms. The number of aliphatic hydroxyl groups excluding tert-OH is 1. The highest BCUT2D eigenvalue weighted by Crippen LogP contribution is 2.20. The SMILES string of the molecule is COc1cc(C)cc([C@H](N)CO)c1. The number of methoxy groups -OCH3 is 1. The number of hydrogen-bond acceptors (Lipinski definition) is 3. The van der Waals surface area contributed by atoms with Gasteiger partial charge in [-0.25, -0.2) is 0 Å². The molecule has 13 heavy (non-hydrogen) atoms. The fraction of sp³-hybridized carbons (Fsp3) is 0.400. The molecule has 0 fully saturated rings. The lowest BCUT2D eigenvalue weighted by molar-refractivity contribution is 0.267. The van der Waals surface area contributed by atoms with Gasteiger partial charge in [0.05, 0.1) is 19.8 Å². The molecular weight excluding hydrogens is 166 g/mol. The van der Waals surface area contributed by atoms with E-state index in [0.29, 0.717) is 0 Å². The van der Waals surface area contributed by atoms with Gasteiger partial charge in [0.1, 0.15) is 5.75 Å². The second kappa shape index (κ2) is 4.25. The van der Waals surface area contributed by atoms with E-state index in [1.807, 2.05) is 25.1 Å². The summed E-state index contributed by atoms with van der Waals surface area (Å²) in [6.07, 6.45) is 0. The maximum atomic E-state index is 8.88. The number of rotatable bonds is 3. The summed E-state index contributed by atoms with van der Waals surface area (Å²) in [6.45, 7) is 1.92. The van der Waals surface area contributed by atoms with Crippen LogP contribution in [0, 0.1) is 6.92 Å². The third-order valence-corrected chi connectivity index (χ3v) is 1.93. The predicted octanol–water partition coefficient (Wildman–Crippen LogP) is 0.996. The molecule has 0 amide bonds. The van der Waals surface area contributed by atoms with E-state index in [0.717, 1.165) is 16.9 Å². The van der Waals surface area contributed by atoms with Crippen LogP contribution in [0.25, 0.3) is 0 Å². The smallest absolute Gasteiger partial charge is 0.119 e. The van der Waals surface area contributed by atoms with Crippen LogP contribution in [0.15, 0.2) is 18.2 Å². The molecule has 3 heteroatoms. The average molecular weight is 181 g/mol. The van der Waals surface area contributed by atoms with Gasteiger partial charge in [-0.05, 0) is 30.2 Å². The van der Waals surface area contributed by atoms with E-state index in [1.165, 1.54) is 0 Å². The quantitative estimate of drug-likeness (QED) is 0.731. The van der Waals surface area contributed by atoms with Crippen molar-refractivity contribution in [1.82, 2.24) is 0 Å². The lowest BCUT2D eigenvalue weighted by Crippen LogP contribution is -2.14. The first-order valence-electron chi connectivity index (χ1n) is 4.19. The van der Waals surface area contributed by atoms with Crippen LogP contribution in [-0.4, -0.2) is 18.8 Å². The molecule has 1 aromatic rings. The Kier molecular flexibility index (Phi) is 3.28. The zero-order valence-electron chi connectivity index (χ0n) is 7.95. The molecule has 0 aliphatic rings. The van der Waals surface area contributed by atoms with Crippen LogP contribution < -0.4 is 10.5 Å². The fourth-order valence-electron chi connectivity index (χ4n) is 1.21. The van der Waals surface area contributed by atoms with Gasteiger partial charge >= 0.3 is 0 Å². The average Bonchev–Trinajstić information content (AvgIpc) is 2.15. The lowest BCUT2D eigenvalue weighted by Gasteiger charge is -2.11. The second-order valence-electron chi connectivity index (χ2n) is 3.07. The number of nitrogens with two attached hydrogens (primary N) is 1. The summed E-state index contributed by atoms with van der Waals surface area (Å²) in [5.74, 6) is 0.777.